The van der Waals surface area contributed by atoms with E-state index in [4.69, 9.17) is 0 Å². The van der Waals surface area contributed by atoms with Crippen LogP contribution >= 0.6 is 0 Å². The lowest BCUT2D eigenvalue weighted by Gasteiger charge is -2.29. The van der Waals surface area contributed by atoms with Gasteiger partial charge in [0.25, 0.3) is 0 Å². The maximum Gasteiger partial charge on any atom is 0.236 e. The average molecular weight is 437 g/mol. The molecule has 4 rings (SSSR count). The Labute approximate surface area is 182 Å². The van der Waals surface area contributed by atoms with Crippen LogP contribution in [0, 0.1) is 5.92 Å². The Balaban J connectivity index is 1.37. The van der Waals surface area contributed by atoms with Crippen molar-refractivity contribution in [3.63, 3.8) is 0 Å². The van der Waals surface area contributed by atoms with E-state index in [-0.39, 0.29) is 11.8 Å². The summed E-state index contributed by atoms with van der Waals surface area (Å²) in [4.78, 5) is 12.8. The largest absolute Gasteiger partial charge is 0.324 e. The van der Waals surface area contributed by atoms with Crippen LogP contribution < -0.4 is 5.32 Å². The number of sulfonamides is 1. The minimum Gasteiger partial charge on any atom is -0.324 e. The third-order valence-corrected chi connectivity index (χ3v) is 6.89. The Bertz CT molecular complexity index is 1150. The van der Waals surface area contributed by atoms with Crippen molar-refractivity contribution in [1.82, 2.24) is 14.1 Å². The Kier molecular flexibility index (Phi) is 6.29. The third-order valence-electron chi connectivity index (χ3n) is 5.33. The van der Waals surface area contributed by atoms with Crippen molar-refractivity contribution in [2.75, 3.05) is 18.4 Å². The number of hydrogen-bond donors (Lipinski definition) is 1. The predicted octanol–water partition coefficient (Wildman–Crippen LogP) is 3.52. The maximum absolute atomic E-state index is 12.8. The molecular formula is C23H24N4O3S. The lowest BCUT2D eigenvalue weighted by molar-refractivity contribution is -0.120. The SMILES string of the molecule is O=C(Nc1ccccc1-n1cccn1)C1CCN(S(=O)(=O)C=Cc2ccccc2)CC1. The average Bonchev–Trinajstić information content (AvgIpc) is 3.34. The number of carbonyl (C=O) groups is 1. The van der Waals surface area contributed by atoms with E-state index in [0.717, 1.165) is 11.3 Å². The molecule has 7 nitrogen and oxygen atoms in total. The van der Waals surface area contributed by atoms with E-state index in [1.54, 1.807) is 17.0 Å². The Morgan fingerprint density at radius 1 is 1.00 bits per heavy atom. The second-order valence-corrected chi connectivity index (χ2v) is 9.21. The van der Waals surface area contributed by atoms with Crippen LogP contribution in [0.25, 0.3) is 11.8 Å². The molecule has 0 aliphatic carbocycles. The van der Waals surface area contributed by atoms with Crippen LogP contribution in [-0.2, 0) is 14.8 Å². The van der Waals surface area contributed by atoms with Gasteiger partial charge in [-0.15, -0.1) is 0 Å². The zero-order valence-electron chi connectivity index (χ0n) is 17.0. The second-order valence-electron chi connectivity index (χ2n) is 7.39. The molecule has 2 heterocycles. The van der Waals surface area contributed by atoms with Crippen LogP contribution in [0.5, 0.6) is 0 Å². The van der Waals surface area contributed by atoms with Crippen LogP contribution in [0.4, 0.5) is 5.69 Å². The maximum atomic E-state index is 12.8. The molecule has 2 aromatic carbocycles. The number of nitrogens with one attached hydrogen (secondary N) is 1. The quantitative estimate of drug-likeness (QED) is 0.641. The van der Waals surface area contributed by atoms with Gasteiger partial charge in [-0.2, -0.15) is 9.40 Å². The molecule has 1 amide bonds. The van der Waals surface area contributed by atoms with Gasteiger partial charge in [-0.05, 0) is 42.7 Å². The molecule has 3 aromatic rings. The summed E-state index contributed by atoms with van der Waals surface area (Å²) in [7, 11) is -3.52. The zero-order chi connectivity index (χ0) is 21.7. The van der Waals surface area contributed by atoms with Crippen molar-refractivity contribution in [3.05, 3.63) is 84.0 Å². The predicted molar refractivity (Wildman–Crippen MR) is 121 cm³/mol. The number of piperidine rings is 1. The highest BCUT2D eigenvalue weighted by Crippen LogP contribution is 2.24. The Hall–Kier alpha value is -3.23. The van der Waals surface area contributed by atoms with Gasteiger partial charge in [0.1, 0.15) is 0 Å². The minimum atomic E-state index is -3.52. The van der Waals surface area contributed by atoms with E-state index in [0.29, 0.717) is 31.6 Å². The molecule has 1 N–H and O–H groups in total. The van der Waals surface area contributed by atoms with Gasteiger partial charge in [-0.3, -0.25) is 4.79 Å². The Morgan fingerprint density at radius 2 is 1.71 bits per heavy atom. The van der Waals surface area contributed by atoms with Gasteiger partial charge in [0.2, 0.25) is 15.9 Å². The number of anilines is 1. The molecule has 0 unspecified atom stereocenters. The number of aromatic nitrogens is 2. The fraction of sp³-hybridized carbons (Fsp3) is 0.217. The van der Waals surface area contributed by atoms with Crippen molar-refractivity contribution in [3.8, 4) is 5.69 Å². The number of carbonyl (C=O) groups excluding carboxylic acids is 1. The minimum absolute atomic E-state index is 0.100. The van der Waals surface area contributed by atoms with E-state index in [1.165, 1.54) is 9.71 Å². The number of para-hydroxylation sites is 2. The van der Waals surface area contributed by atoms with E-state index in [1.807, 2.05) is 66.9 Å². The van der Waals surface area contributed by atoms with E-state index in [2.05, 4.69) is 10.4 Å². The van der Waals surface area contributed by atoms with Crippen LogP contribution in [0.3, 0.4) is 0 Å². The lowest BCUT2D eigenvalue weighted by Crippen LogP contribution is -2.40. The highest BCUT2D eigenvalue weighted by molar-refractivity contribution is 7.92. The number of nitrogens with zero attached hydrogens (tertiary/aromatic N) is 3. The molecule has 1 aromatic heterocycles. The van der Waals surface area contributed by atoms with Gasteiger partial charge in [-0.1, -0.05) is 42.5 Å². The van der Waals surface area contributed by atoms with E-state index < -0.39 is 10.0 Å². The highest BCUT2D eigenvalue weighted by atomic mass is 32.2. The molecule has 0 atom stereocenters. The molecule has 31 heavy (non-hydrogen) atoms. The lowest BCUT2D eigenvalue weighted by atomic mass is 9.97. The fourth-order valence-corrected chi connectivity index (χ4v) is 4.83. The smallest absolute Gasteiger partial charge is 0.236 e. The summed E-state index contributed by atoms with van der Waals surface area (Å²) < 4.78 is 28.4. The summed E-state index contributed by atoms with van der Waals surface area (Å²) in [5, 5.41) is 8.45. The van der Waals surface area contributed by atoms with Gasteiger partial charge < -0.3 is 5.32 Å². The van der Waals surface area contributed by atoms with Crippen molar-refractivity contribution in [2.45, 2.75) is 12.8 Å². The standard InChI is InChI=1S/C23H24N4O3S/c28-23(25-21-9-4-5-10-22(21)27-15-6-14-24-27)20-11-16-26(17-12-20)31(29,30)18-13-19-7-2-1-3-8-19/h1-10,13-15,18,20H,11-12,16-17H2,(H,25,28). The van der Waals surface area contributed by atoms with Crippen LogP contribution in [0.15, 0.2) is 78.5 Å². The summed E-state index contributed by atoms with van der Waals surface area (Å²) in [6.45, 7) is 0.640. The molecule has 1 fully saturated rings. The first-order chi connectivity index (χ1) is 15.0. The van der Waals surface area contributed by atoms with Gasteiger partial charge in [-0.25, -0.2) is 13.1 Å². The molecule has 1 aliphatic rings. The molecular weight excluding hydrogens is 412 g/mol. The third kappa shape index (κ3) is 5.10. The second kappa shape index (κ2) is 9.28. The number of rotatable bonds is 6. The van der Waals surface area contributed by atoms with Crippen LogP contribution in [0.1, 0.15) is 18.4 Å². The molecule has 160 valence electrons. The first kappa shape index (κ1) is 21.0. The number of amides is 1. The van der Waals surface area contributed by atoms with Crippen LogP contribution in [0.2, 0.25) is 0 Å². The van der Waals surface area contributed by atoms with Gasteiger partial charge >= 0.3 is 0 Å². The van der Waals surface area contributed by atoms with Crippen molar-refractivity contribution in [1.29, 1.82) is 0 Å². The van der Waals surface area contributed by atoms with Crippen LogP contribution in [-0.4, -0.2) is 41.5 Å². The summed E-state index contributed by atoms with van der Waals surface area (Å²) in [6, 6.07) is 18.6. The molecule has 0 saturated carbocycles. The molecule has 8 heteroatoms. The first-order valence-electron chi connectivity index (χ1n) is 10.2. The zero-order valence-corrected chi connectivity index (χ0v) is 17.8. The Morgan fingerprint density at radius 3 is 2.42 bits per heavy atom. The first-order valence-corrected chi connectivity index (χ1v) is 11.7. The summed E-state index contributed by atoms with van der Waals surface area (Å²) in [5.41, 5.74) is 2.29. The number of benzene rings is 2. The molecule has 0 spiro atoms. The van der Waals surface area contributed by atoms with Crippen molar-refractivity contribution < 1.29 is 13.2 Å². The van der Waals surface area contributed by atoms with Gasteiger partial charge in [0, 0.05) is 36.8 Å². The highest BCUT2D eigenvalue weighted by Gasteiger charge is 2.30. The van der Waals surface area contributed by atoms with E-state index >= 15 is 0 Å². The molecule has 1 aliphatic heterocycles. The molecule has 0 radical (unpaired) electrons. The summed E-state index contributed by atoms with van der Waals surface area (Å²) >= 11 is 0. The normalized spacial score (nSPS) is 15.9. The monoisotopic (exact) mass is 436 g/mol. The van der Waals surface area contributed by atoms with Crippen molar-refractivity contribution in [2.24, 2.45) is 5.92 Å². The molecule has 1 saturated heterocycles. The van der Waals surface area contributed by atoms with Crippen molar-refractivity contribution >= 4 is 27.7 Å². The molecule has 0 bridgehead atoms. The topological polar surface area (TPSA) is 84.3 Å². The van der Waals surface area contributed by atoms with Gasteiger partial charge in [0.15, 0.2) is 0 Å². The summed E-state index contributed by atoms with van der Waals surface area (Å²) in [5.74, 6) is -0.341. The van der Waals surface area contributed by atoms with Gasteiger partial charge in [0.05, 0.1) is 11.4 Å². The van der Waals surface area contributed by atoms with E-state index in [9.17, 15) is 13.2 Å². The number of hydrogen-bond acceptors (Lipinski definition) is 4. The summed E-state index contributed by atoms with van der Waals surface area (Å²) in [6.07, 6.45) is 6.06. The fourth-order valence-electron chi connectivity index (χ4n) is 3.61.